The van der Waals surface area contributed by atoms with E-state index in [0.29, 0.717) is 11.4 Å². The lowest BCUT2D eigenvalue weighted by molar-refractivity contribution is 0.601. The SMILES string of the molecule is CN=C(NCCC1CC1)NCc1ccc(S(C)(=O)=O)c(C)c1.I. The molecule has 0 bridgehead atoms. The van der Waals surface area contributed by atoms with Crippen molar-refractivity contribution < 1.29 is 8.42 Å². The summed E-state index contributed by atoms with van der Waals surface area (Å²) in [5, 5.41) is 6.56. The molecule has 1 aliphatic carbocycles. The molecule has 2 N–H and O–H groups in total. The van der Waals surface area contributed by atoms with Gasteiger partial charge in [-0.1, -0.05) is 25.0 Å². The van der Waals surface area contributed by atoms with Gasteiger partial charge in [-0.05, 0) is 36.5 Å². The van der Waals surface area contributed by atoms with Crippen molar-refractivity contribution in [3.8, 4) is 0 Å². The van der Waals surface area contributed by atoms with Crippen LogP contribution in [0.3, 0.4) is 0 Å². The zero-order valence-electron chi connectivity index (χ0n) is 13.9. The number of halogens is 1. The van der Waals surface area contributed by atoms with E-state index in [1.807, 2.05) is 19.1 Å². The highest BCUT2D eigenvalue weighted by Crippen LogP contribution is 2.31. The van der Waals surface area contributed by atoms with Crippen molar-refractivity contribution in [2.24, 2.45) is 10.9 Å². The third kappa shape index (κ3) is 6.66. The Labute approximate surface area is 156 Å². The van der Waals surface area contributed by atoms with E-state index in [-0.39, 0.29) is 24.0 Å². The molecule has 0 spiro atoms. The van der Waals surface area contributed by atoms with Crippen LogP contribution in [0.1, 0.15) is 30.4 Å². The van der Waals surface area contributed by atoms with Gasteiger partial charge in [0.05, 0.1) is 4.90 Å². The van der Waals surface area contributed by atoms with Gasteiger partial charge in [-0.3, -0.25) is 4.99 Å². The van der Waals surface area contributed by atoms with Gasteiger partial charge in [0.25, 0.3) is 0 Å². The predicted octanol–water partition coefficient (Wildman–Crippen LogP) is 2.48. The molecule has 0 heterocycles. The van der Waals surface area contributed by atoms with Gasteiger partial charge in [0.1, 0.15) is 0 Å². The average molecular weight is 451 g/mol. The molecule has 0 aromatic heterocycles. The Hall–Kier alpha value is -0.830. The number of guanidine groups is 1. The molecule has 7 heteroatoms. The quantitative estimate of drug-likeness (QED) is 0.396. The summed E-state index contributed by atoms with van der Waals surface area (Å²) in [7, 11) is -1.40. The molecule has 2 rings (SSSR count). The van der Waals surface area contributed by atoms with E-state index in [9.17, 15) is 8.42 Å². The van der Waals surface area contributed by atoms with Crippen LogP contribution in [-0.4, -0.2) is 34.2 Å². The number of nitrogens with one attached hydrogen (secondary N) is 2. The van der Waals surface area contributed by atoms with Crippen molar-refractivity contribution >= 4 is 39.8 Å². The lowest BCUT2D eigenvalue weighted by Gasteiger charge is -2.13. The van der Waals surface area contributed by atoms with E-state index in [1.54, 1.807) is 13.1 Å². The van der Waals surface area contributed by atoms with Crippen LogP contribution in [0, 0.1) is 12.8 Å². The van der Waals surface area contributed by atoms with E-state index >= 15 is 0 Å². The molecule has 0 atom stereocenters. The zero-order valence-corrected chi connectivity index (χ0v) is 17.1. The Bertz CT molecular complexity index is 655. The normalized spacial score (nSPS) is 15.0. The largest absolute Gasteiger partial charge is 0.356 e. The van der Waals surface area contributed by atoms with Crippen LogP contribution in [0.2, 0.25) is 0 Å². The summed E-state index contributed by atoms with van der Waals surface area (Å²) >= 11 is 0. The number of rotatable bonds is 6. The summed E-state index contributed by atoms with van der Waals surface area (Å²) in [4.78, 5) is 4.59. The first kappa shape index (κ1) is 20.2. The highest BCUT2D eigenvalue weighted by atomic mass is 127. The van der Waals surface area contributed by atoms with Crippen LogP contribution in [0.5, 0.6) is 0 Å². The Morgan fingerprint density at radius 1 is 1.30 bits per heavy atom. The van der Waals surface area contributed by atoms with E-state index in [0.717, 1.165) is 29.5 Å². The Morgan fingerprint density at radius 3 is 2.52 bits per heavy atom. The number of benzene rings is 1. The summed E-state index contributed by atoms with van der Waals surface area (Å²) in [5.74, 6) is 1.68. The van der Waals surface area contributed by atoms with Crippen molar-refractivity contribution in [1.29, 1.82) is 0 Å². The van der Waals surface area contributed by atoms with E-state index in [1.165, 1.54) is 25.5 Å². The maximum Gasteiger partial charge on any atom is 0.191 e. The number of hydrogen-bond donors (Lipinski definition) is 2. The second-order valence-corrected chi connectivity index (χ2v) is 7.94. The number of sulfone groups is 1. The molecule has 0 unspecified atom stereocenters. The molecular formula is C16H26IN3O2S. The monoisotopic (exact) mass is 451 g/mol. The first-order valence-corrected chi connectivity index (χ1v) is 9.53. The number of aliphatic imine (C=N–C) groups is 1. The van der Waals surface area contributed by atoms with Crippen LogP contribution in [0.25, 0.3) is 0 Å². The van der Waals surface area contributed by atoms with Crippen LogP contribution >= 0.6 is 24.0 Å². The zero-order chi connectivity index (χ0) is 16.2. The average Bonchev–Trinajstić information content (AvgIpc) is 3.25. The van der Waals surface area contributed by atoms with Gasteiger partial charge in [0, 0.05) is 26.4 Å². The first-order valence-electron chi connectivity index (χ1n) is 7.64. The Kier molecular flexibility index (Phi) is 7.79. The lowest BCUT2D eigenvalue weighted by atomic mass is 10.1. The van der Waals surface area contributed by atoms with E-state index in [2.05, 4.69) is 15.6 Å². The predicted molar refractivity (Wildman–Crippen MR) is 105 cm³/mol. The van der Waals surface area contributed by atoms with Crippen LogP contribution in [0.15, 0.2) is 28.1 Å². The summed E-state index contributed by atoms with van der Waals surface area (Å²) in [6.07, 6.45) is 5.15. The molecule has 5 nitrogen and oxygen atoms in total. The third-order valence-electron chi connectivity index (χ3n) is 3.86. The first-order chi connectivity index (χ1) is 10.4. The maximum absolute atomic E-state index is 11.6. The van der Waals surface area contributed by atoms with Gasteiger partial charge >= 0.3 is 0 Å². The van der Waals surface area contributed by atoms with Gasteiger partial charge in [-0.25, -0.2) is 8.42 Å². The van der Waals surface area contributed by atoms with Crippen LogP contribution < -0.4 is 10.6 Å². The molecule has 1 fully saturated rings. The fourth-order valence-electron chi connectivity index (χ4n) is 2.45. The molecular weight excluding hydrogens is 425 g/mol. The molecule has 1 saturated carbocycles. The van der Waals surface area contributed by atoms with Gasteiger partial charge < -0.3 is 10.6 Å². The molecule has 0 saturated heterocycles. The molecule has 1 aromatic carbocycles. The molecule has 0 radical (unpaired) electrons. The number of hydrogen-bond acceptors (Lipinski definition) is 3. The fraction of sp³-hybridized carbons (Fsp3) is 0.562. The van der Waals surface area contributed by atoms with Crippen molar-refractivity contribution in [2.45, 2.75) is 37.6 Å². The molecule has 0 aliphatic heterocycles. The summed E-state index contributed by atoms with van der Waals surface area (Å²) in [6, 6.07) is 5.42. The van der Waals surface area contributed by atoms with Crippen molar-refractivity contribution in [3.63, 3.8) is 0 Å². The highest BCUT2D eigenvalue weighted by Gasteiger charge is 2.20. The van der Waals surface area contributed by atoms with Crippen molar-refractivity contribution in [2.75, 3.05) is 19.8 Å². The number of aryl methyl sites for hydroxylation is 1. The minimum atomic E-state index is -3.16. The lowest BCUT2D eigenvalue weighted by Crippen LogP contribution is -2.37. The minimum Gasteiger partial charge on any atom is -0.356 e. The summed E-state index contributed by atoms with van der Waals surface area (Å²) < 4.78 is 23.2. The molecule has 1 aromatic rings. The molecule has 130 valence electrons. The van der Waals surface area contributed by atoms with Crippen molar-refractivity contribution in [1.82, 2.24) is 10.6 Å². The molecule has 23 heavy (non-hydrogen) atoms. The maximum atomic E-state index is 11.6. The third-order valence-corrected chi connectivity index (χ3v) is 5.12. The topological polar surface area (TPSA) is 70.6 Å². The number of nitrogens with zero attached hydrogens (tertiary/aromatic N) is 1. The van der Waals surface area contributed by atoms with Gasteiger partial charge in [-0.2, -0.15) is 0 Å². The Morgan fingerprint density at radius 2 is 2.00 bits per heavy atom. The molecule has 0 amide bonds. The minimum absolute atomic E-state index is 0. The van der Waals surface area contributed by atoms with Gasteiger partial charge in [0.2, 0.25) is 0 Å². The highest BCUT2D eigenvalue weighted by molar-refractivity contribution is 14.0. The van der Waals surface area contributed by atoms with E-state index in [4.69, 9.17) is 0 Å². The van der Waals surface area contributed by atoms with Crippen LogP contribution in [0.4, 0.5) is 0 Å². The smallest absolute Gasteiger partial charge is 0.191 e. The second kappa shape index (κ2) is 8.86. The standard InChI is InChI=1S/C16H25N3O2S.HI/c1-12-10-14(6-7-15(12)22(3,20)21)11-19-16(17-2)18-9-8-13-4-5-13;/h6-7,10,13H,4-5,8-9,11H2,1-3H3,(H2,17,18,19);1H. The summed E-state index contributed by atoms with van der Waals surface area (Å²) in [5.41, 5.74) is 1.81. The fourth-order valence-corrected chi connectivity index (χ4v) is 3.40. The van der Waals surface area contributed by atoms with Gasteiger partial charge in [0.15, 0.2) is 15.8 Å². The van der Waals surface area contributed by atoms with E-state index < -0.39 is 9.84 Å². The van der Waals surface area contributed by atoms with Crippen LogP contribution in [-0.2, 0) is 16.4 Å². The molecule has 1 aliphatic rings. The van der Waals surface area contributed by atoms with Gasteiger partial charge in [-0.15, -0.1) is 24.0 Å². The van der Waals surface area contributed by atoms with Crippen molar-refractivity contribution in [3.05, 3.63) is 29.3 Å². The second-order valence-electron chi connectivity index (χ2n) is 5.96. The summed E-state index contributed by atoms with van der Waals surface area (Å²) in [6.45, 7) is 3.38. The Balaban J connectivity index is 0.00000264.